The molecule has 0 aromatic heterocycles. The molecule has 7 nitrogen and oxygen atoms in total. The van der Waals surface area contributed by atoms with Crippen molar-refractivity contribution in [2.45, 2.75) is 19.8 Å². The van der Waals surface area contributed by atoms with Gasteiger partial charge in [0, 0.05) is 6.42 Å². The molecule has 0 fully saturated rings. The fourth-order valence-corrected chi connectivity index (χ4v) is 2.42. The Bertz CT molecular complexity index is 816. The Labute approximate surface area is 163 Å². The molecule has 2 aromatic rings. The van der Waals surface area contributed by atoms with E-state index in [2.05, 4.69) is 5.32 Å². The third-order valence-electron chi connectivity index (χ3n) is 3.84. The maximum Gasteiger partial charge on any atom is 0.340 e. The maximum atomic E-state index is 12.0. The molecule has 0 aliphatic rings. The molecule has 0 spiro atoms. The first-order chi connectivity index (χ1) is 13.5. The number of ether oxygens (including phenoxy) is 3. The zero-order chi connectivity index (χ0) is 20.4. The molecule has 0 heterocycles. The van der Waals surface area contributed by atoms with Crippen LogP contribution in [0.25, 0.3) is 0 Å². The van der Waals surface area contributed by atoms with Crippen molar-refractivity contribution in [3.8, 4) is 5.75 Å². The van der Waals surface area contributed by atoms with E-state index in [9.17, 15) is 14.4 Å². The fourth-order valence-electron chi connectivity index (χ4n) is 2.42. The minimum absolute atomic E-state index is 0.152. The number of rotatable bonds is 9. The number of carbonyl (C=O) groups is 3. The van der Waals surface area contributed by atoms with Crippen molar-refractivity contribution >= 4 is 23.5 Å². The number of para-hydroxylation sites is 1. The Morgan fingerprint density at radius 1 is 0.964 bits per heavy atom. The van der Waals surface area contributed by atoms with Gasteiger partial charge in [0.1, 0.15) is 5.75 Å². The van der Waals surface area contributed by atoms with Crippen LogP contribution in [-0.2, 0) is 25.5 Å². The minimum Gasteiger partial charge on any atom is -0.497 e. The van der Waals surface area contributed by atoms with Crippen LogP contribution in [0, 0.1) is 0 Å². The highest BCUT2D eigenvalue weighted by Crippen LogP contribution is 2.16. The maximum absolute atomic E-state index is 12.0. The second-order valence-electron chi connectivity index (χ2n) is 5.82. The van der Waals surface area contributed by atoms with E-state index in [0.29, 0.717) is 12.1 Å². The third-order valence-corrected chi connectivity index (χ3v) is 3.84. The number of aryl methyl sites for hydroxylation is 1. The summed E-state index contributed by atoms with van der Waals surface area (Å²) in [6.07, 6.45) is 0.648. The molecule has 0 aliphatic heterocycles. The van der Waals surface area contributed by atoms with Crippen LogP contribution in [0.15, 0.2) is 48.5 Å². The summed E-state index contributed by atoms with van der Waals surface area (Å²) >= 11 is 0. The van der Waals surface area contributed by atoms with E-state index in [1.165, 1.54) is 0 Å². The number of carbonyl (C=O) groups excluding carboxylic acids is 3. The molecule has 148 valence electrons. The van der Waals surface area contributed by atoms with Gasteiger partial charge in [-0.05, 0) is 43.2 Å². The smallest absolute Gasteiger partial charge is 0.340 e. The molecule has 7 heteroatoms. The molecule has 0 bridgehead atoms. The summed E-state index contributed by atoms with van der Waals surface area (Å²) in [7, 11) is 1.59. The summed E-state index contributed by atoms with van der Waals surface area (Å²) in [4.78, 5) is 35.8. The summed E-state index contributed by atoms with van der Waals surface area (Å²) in [5.74, 6) is -0.805. The molecular formula is C21H23NO6. The summed E-state index contributed by atoms with van der Waals surface area (Å²) in [6, 6.07) is 13.8. The van der Waals surface area contributed by atoms with E-state index in [1.807, 2.05) is 24.3 Å². The molecule has 1 N–H and O–H groups in total. The van der Waals surface area contributed by atoms with Crippen molar-refractivity contribution in [2.24, 2.45) is 0 Å². The van der Waals surface area contributed by atoms with Crippen molar-refractivity contribution in [2.75, 3.05) is 25.6 Å². The van der Waals surface area contributed by atoms with Crippen LogP contribution in [0.2, 0.25) is 0 Å². The van der Waals surface area contributed by atoms with Gasteiger partial charge in [0.2, 0.25) is 0 Å². The van der Waals surface area contributed by atoms with Gasteiger partial charge in [0.25, 0.3) is 5.91 Å². The molecule has 0 radical (unpaired) electrons. The molecule has 2 rings (SSSR count). The number of hydrogen-bond donors (Lipinski definition) is 1. The second kappa shape index (κ2) is 10.7. The van der Waals surface area contributed by atoms with E-state index in [1.54, 1.807) is 38.3 Å². The molecule has 1 amide bonds. The summed E-state index contributed by atoms with van der Waals surface area (Å²) in [5.41, 5.74) is 1.51. The lowest BCUT2D eigenvalue weighted by Gasteiger charge is -2.10. The molecule has 0 saturated carbocycles. The average molecular weight is 385 g/mol. The number of amides is 1. The number of nitrogens with one attached hydrogen (secondary N) is 1. The monoisotopic (exact) mass is 385 g/mol. The molecule has 0 aliphatic carbocycles. The molecule has 0 atom stereocenters. The van der Waals surface area contributed by atoms with Crippen molar-refractivity contribution in [1.82, 2.24) is 0 Å². The Kier molecular flexibility index (Phi) is 8.02. The minimum atomic E-state index is -0.533. The molecule has 28 heavy (non-hydrogen) atoms. The summed E-state index contributed by atoms with van der Waals surface area (Å²) in [5, 5.41) is 2.56. The average Bonchev–Trinajstić information content (AvgIpc) is 2.71. The predicted octanol–water partition coefficient (Wildman–Crippen LogP) is 2.99. The van der Waals surface area contributed by atoms with Crippen LogP contribution in [0.4, 0.5) is 5.69 Å². The quantitative estimate of drug-likeness (QED) is 0.668. The lowest BCUT2D eigenvalue weighted by molar-refractivity contribution is -0.147. The molecular weight excluding hydrogens is 362 g/mol. The molecule has 0 saturated heterocycles. The predicted molar refractivity (Wildman–Crippen MR) is 103 cm³/mol. The topological polar surface area (TPSA) is 90.9 Å². The van der Waals surface area contributed by atoms with Gasteiger partial charge in [-0.2, -0.15) is 0 Å². The van der Waals surface area contributed by atoms with Crippen molar-refractivity contribution in [3.05, 3.63) is 59.7 Å². The van der Waals surface area contributed by atoms with Crippen LogP contribution >= 0.6 is 0 Å². The lowest BCUT2D eigenvalue weighted by atomic mass is 10.1. The number of methoxy groups -OCH3 is 1. The van der Waals surface area contributed by atoms with Crippen LogP contribution in [0.5, 0.6) is 5.75 Å². The Morgan fingerprint density at radius 2 is 1.68 bits per heavy atom. The van der Waals surface area contributed by atoms with Gasteiger partial charge in [0.05, 0.1) is 25.0 Å². The zero-order valence-electron chi connectivity index (χ0n) is 15.9. The van der Waals surface area contributed by atoms with Crippen molar-refractivity contribution in [3.63, 3.8) is 0 Å². The number of hydrogen-bond acceptors (Lipinski definition) is 6. The van der Waals surface area contributed by atoms with E-state index in [-0.39, 0.29) is 18.6 Å². The van der Waals surface area contributed by atoms with Gasteiger partial charge in [0.15, 0.2) is 6.61 Å². The largest absolute Gasteiger partial charge is 0.497 e. The van der Waals surface area contributed by atoms with E-state index in [4.69, 9.17) is 14.2 Å². The second-order valence-corrected chi connectivity index (χ2v) is 5.82. The first-order valence-electron chi connectivity index (χ1n) is 8.88. The van der Waals surface area contributed by atoms with Gasteiger partial charge in [-0.25, -0.2) is 4.79 Å². The number of esters is 2. The van der Waals surface area contributed by atoms with Crippen molar-refractivity contribution < 1.29 is 28.6 Å². The fraction of sp³-hybridized carbons (Fsp3) is 0.286. The summed E-state index contributed by atoms with van der Waals surface area (Å²) in [6.45, 7) is 1.50. The van der Waals surface area contributed by atoms with E-state index < -0.39 is 24.5 Å². The van der Waals surface area contributed by atoms with Crippen LogP contribution in [0.3, 0.4) is 0 Å². The normalized spacial score (nSPS) is 10.1. The number of anilines is 1. The summed E-state index contributed by atoms with van der Waals surface area (Å²) < 4.78 is 15.0. The van der Waals surface area contributed by atoms with Gasteiger partial charge in [-0.1, -0.05) is 24.3 Å². The Hall–Kier alpha value is -3.35. The first kappa shape index (κ1) is 21.0. The zero-order valence-corrected chi connectivity index (χ0v) is 15.9. The highest BCUT2D eigenvalue weighted by Gasteiger charge is 2.15. The molecule has 2 aromatic carbocycles. The van der Waals surface area contributed by atoms with Gasteiger partial charge in [-0.3, -0.25) is 9.59 Å². The number of benzene rings is 2. The first-order valence-corrected chi connectivity index (χ1v) is 8.88. The van der Waals surface area contributed by atoms with Gasteiger partial charge >= 0.3 is 11.9 Å². The van der Waals surface area contributed by atoms with Gasteiger partial charge < -0.3 is 19.5 Å². The molecule has 0 unspecified atom stereocenters. The Morgan fingerprint density at radius 3 is 2.36 bits per heavy atom. The van der Waals surface area contributed by atoms with Crippen molar-refractivity contribution in [1.29, 1.82) is 0 Å². The van der Waals surface area contributed by atoms with Crippen LogP contribution in [-0.4, -0.2) is 38.2 Å². The Balaban J connectivity index is 1.80. The van der Waals surface area contributed by atoms with Crippen LogP contribution in [0.1, 0.15) is 29.3 Å². The van der Waals surface area contributed by atoms with Gasteiger partial charge in [-0.15, -0.1) is 0 Å². The van der Waals surface area contributed by atoms with Crippen LogP contribution < -0.4 is 10.1 Å². The van der Waals surface area contributed by atoms with E-state index in [0.717, 1.165) is 11.3 Å². The highest BCUT2D eigenvalue weighted by molar-refractivity contribution is 6.01. The third kappa shape index (κ3) is 6.42. The standard InChI is InChI=1S/C21H23NO6/c1-3-27-21(25)17-6-4-5-7-18(17)22-19(23)14-28-20(24)13-10-15-8-11-16(26-2)12-9-15/h4-9,11-12H,3,10,13-14H2,1-2H3,(H,22,23). The highest BCUT2D eigenvalue weighted by atomic mass is 16.5. The SMILES string of the molecule is CCOC(=O)c1ccccc1NC(=O)COC(=O)CCc1ccc(OC)cc1. The lowest BCUT2D eigenvalue weighted by Crippen LogP contribution is -2.22. The van der Waals surface area contributed by atoms with E-state index >= 15 is 0 Å².